The van der Waals surface area contributed by atoms with E-state index in [1.54, 1.807) is 0 Å². The van der Waals surface area contributed by atoms with Crippen LogP contribution in [-0.2, 0) is 0 Å². The first kappa shape index (κ1) is 20.5. The van der Waals surface area contributed by atoms with Gasteiger partial charge in [-0.3, -0.25) is 4.40 Å². The molecule has 170 valence electrons. The number of fused-ring (bicyclic) bond motifs is 5. The number of pyridine rings is 1. The molecule has 0 aliphatic heterocycles. The van der Waals surface area contributed by atoms with E-state index >= 15 is 0 Å². The van der Waals surface area contributed by atoms with E-state index in [1.807, 2.05) is 0 Å². The van der Waals surface area contributed by atoms with E-state index in [2.05, 4.69) is 149 Å². The van der Waals surface area contributed by atoms with Crippen LogP contribution in [0.25, 0.3) is 38.6 Å². The van der Waals surface area contributed by atoms with E-state index in [1.165, 1.54) is 21.9 Å². The van der Waals surface area contributed by atoms with E-state index in [4.69, 9.17) is 4.98 Å². The van der Waals surface area contributed by atoms with Gasteiger partial charge in [-0.15, -0.1) is 0 Å². The van der Waals surface area contributed by atoms with Gasteiger partial charge in [-0.05, 0) is 71.1 Å². The lowest BCUT2D eigenvalue weighted by molar-refractivity contribution is 1.25. The van der Waals surface area contributed by atoms with Gasteiger partial charge in [-0.1, -0.05) is 78.9 Å². The lowest BCUT2D eigenvalue weighted by Crippen LogP contribution is -2.09. The first-order valence-electron chi connectivity index (χ1n) is 12.2. The largest absolute Gasteiger partial charge is 0.311 e. The second-order valence-electron chi connectivity index (χ2n) is 8.97. The van der Waals surface area contributed by atoms with Crippen LogP contribution >= 0.6 is 0 Å². The van der Waals surface area contributed by atoms with Crippen LogP contribution in [0.2, 0.25) is 0 Å². The standard InChI is InChI=1S/C33H23N3/c1-3-10-27(11-4-1)36(28-12-5-2-6-13-28)29-18-15-24(16-19-29)26-17-20-31-32(23-26)35-22-21-25-9-7-8-14-30(25)33(35)34-31/h1-23H. The maximum absolute atomic E-state index is 4.94. The number of aromatic nitrogens is 2. The Balaban J connectivity index is 1.31. The highest BCUT2D eigenvalue weighted by Crippen LogP contribution is 2.36. The highest BCUT2D eigenvalue weighted by molar-refractivity contribution is 5.98. The molecule has 0 amide bonds. The molecule has 7 aromatic rings. The van der Waals surface area contributed by atoms with Crippen molar-refractivity contribution in [2.45, 2.75) is 0 Å². The lowest BCUT2D eigenvalue weighted by atomic mass is 10.0. The van der Waals surface area contributed by atoms with Crippen LogP contribution in [-0.4, -0.2) is 9.38 Å². The Morgan fingerprint density at radius 1 is 0.528 bits per heavy atom. The van der Waals surface area contributed by atoms with Crippen molar-refractivity contribution in [3.63, 3.8) is 0 Å². The lowest BCUT2D eigenvalue weighted by Gasteiger charge is -2.25. The van der Waals surface area contributed by atoms with E-state index in [9.17, 15) is 0 Å². The summed E-state index contributed by atoms with van der Waals surface area (Å²) >= 11 is 0. The smallest absolute Gasteiger partial charge is 0.145 e. The summed E-state index contributed by atoms with van der Waals surface area (Å²) in [5.74, 6) is 0. The van der Waals surface area contributed by atoms with E-state index in [-0.39, 0.29) is 0 Å². The Hall–Kier alpha value is -4.89. The van der Waals surface area contributed by atoms with Crippen LogP contribution in [0.5, 0.6) is 0 Å². The number of para-hydroxylation sites is 2. The fourth-order valence-corrected chi connectivity index (χ4v) is 5.02. The molecule has 2 aromatic heterocycles. The summed E-state index contributed by atoms with van der Waals surface area (Å²) in [6, 6.07) is 46.9. The molecule has 0 spiro atoms. The zero-order chi connectivity index (χ0) is 23.9. The van der Waals surface area contributed by atoms with E-state index < -0.39 is 0 Å². The summed E-state index contributed by atoms with van der Waals surface area (Å²) in [5.41, 5.74) is 8.87. The fraction of sp³-hybridized carbons (Fsp3) is 0. The predicted octanol–water partition coefficient (Wildman–Crippen LogP) is 8.78. The topological polar surface area (TPSA) is 20.5 Å². The molecule has 0 radical (unpaired) electrons. The minimum absolute atomic E-state index is 0.997. The van der Waals surface area contributed by atoms with Crippen molar-refractivity contribution in [1.29, 1.82) is 0 Å². The van der Waals surface area contributed by atoms with Crippen molar-refractivity contribution in [2.24, 2.45) is 0 Å². The Bertz CT molecular complexity index is 1780. The maximum Gasteiger partial charge on any atom is 0.145 e. The first-order chi connectivity index (χ1) is 17.8. The third-order valence-corrected chi connectivity index (χ3v) is 6.78. The summed E-state index contributed by atoms with van der Waals surface area (Å²) in [6.07, 6.45) is 2.12. The molecule has 2 heterocycles. The molecular weight excluding hydrogens is 438 g/mol. The number of nitrogens with zero attached hydrogens (tertiary/aromatic N) is 3. The molecule has 0 aliphatic rings. The summed E-state index contributed by atoms with van der Waals surface area (Å²) < 4.78 is 2.20. The highest BCUT2D eigenvalue weighted by atomic mass is 15.1. The van der Waals surface area contributed by atoms with Crippen molar-refractivity contribution >= 4 is 44.5 Å². The SMILES string of the molecule is c1ccc(N(c2ccccc2)c2ccc(-c3ccc4nc5c6ccccc6ccn5c4c3)cc2)cc1. The molecular formula is C33H23N3. The Morgan fingerprint density at radius 2 is 1.14 bits per heavy atom. The minimum Gasteiger partial charge on any atom is -0.311 e. The van der Waals surface area contributed by atoms with E-state index in [0.717, 1.165) is 33.7 Å². The van der Waals surface area contributed by atoms with Gasteiger partial charge in [0.2, 0.25) is 0 Å². The normalized spacial score (nSPS) is 11.3. The third-order valence-electron chi connectivity index (χ3n) is 6.78. The summed E-state index contributed by atoms with van der Waals surface area (Å²) in [5, 5.41) is 2.38. The van der Waals surface area contributed by atoms with Gasteiger partial charge in [0.15, 0.2) is 0 Å². The predicted molar refractivity (Wildman–Crippen MR) is 150 cm³/mol. The molecule has 0 saturated carbocycles. The quantitative estimate of drug-likeness (QED) is 0.261. The molecule has 7 rings (SSSR count). The van der Waals surface area contributed by atoms with Gasteiger partial charge in [0.05, 0.1) is 11.0 Å². The average molecular weight is 462 g/mol. The minimum atomic E-state index is 0.997. The fourth-order valence-electron chi connectivity index (χ4n) is 5.02. The molecule has 0 fully saturated rings. The molecule has 0 unspecified atom stereocenters. The molecule has 5 aromatic carbocycles. The average Bonchev–Trinajstić information content (AvgIpc) is 3.33. The van der Waals surface area contributed by atoms with Gasteiger partial charge in [-0.25, -0.2) is 4.98 Å². The van der Waals surface area contributed by atoms with Gasteiger partial charge < -0.3 is 4.90 Å². The molecule has 0 N–H and O–H groups in total. The van der Waals surface area contributed by atoms with Crippen LogP contribution < -0.4 is 4.90 Å². The van der Waals surface area contributed by atoms with Crippen LogP contribution in [0.4, 0.5) is 17.1 Å². The Labute approximate surface area is 209 Å². The number of hydrogen-bond acceptors (Lipinski definition) is 2. The van der Waals surface area contributed by atoms with Gasteiger partial charge in [0.25, 0.3) is 0 Å². The van der Waals surface area contributed by atoms with Crippen LogP contribution in [0.1, 0.15) is 0 Å². The van der Waals surface area contributed by atoms with Gasteiger partial charge in [-0.2, -0.15) is 0 Å². The zero-order valence-electron chi connectivity index (χ0n) is 19.6. The van der Waals surface area contributed by atoms with Crippen LogP contribution in [0, 0.1) is 0 Å². The number of anilines is 3. The molecule has 3 heteroatoms. The van der Waals surface area contributed by atoms with Crippen molar-refractivity contribution < 1.29 is 0 Å². The van der Waals surface area contributed by atoms with Crippen molar-refractivity contribution in [1.82, 2.24) is 9.38 Å². The Kier molecular flexibility index (Phi) is 4.78. The molecule has 36 heavy (non-hydrogen) atoms. The maximum atomic E-state index is 4.94. The van der Waals surface area contributed by atoms with Gasteiger partial charge >= 0.3 is 0 Å². The first-order valence-corrected chi connectivity index (χ1v) is 12.2. The summed E-state index contributed by atoms with van der Waals surface area (Å²) in [4.78, 5) is 7.22. The van der Waals surface area contributed by atoms with E-state index in [0.29, 0.717) is 0 Å². The number of imidazole rings is 1. The van der Waals surface area contributed by atoms with Gasteiger partial charge in [0, 0.05) is 28.6 Å². The summed E-state index contributed by atoms with van der Waals surface area (Å²) in [7, 11) is 0. The summed E-state index contributed by atoms with van der Waals surface area (Å²) in [6.45, 7) is 0. The zero-order valence-corrected chi connectivity index (χ0v) is 19.6. The third kappa shape index (κ3) is 3.41. The highest BCUT2D eigenvalue weighted by Gasteiger charge is 2.13. The number of benzene rings is 5. The van der Waals surface area contributed by atoms with Crippen LogP contribution in [0.3, 0.4) is 0 Å². The monoisotopic (exact) mass is 461 g/mol. The number of rotatable bonds is 4. The Morgan fingerprint density at radius 3 is 1.86 bits per heavy atom. The van der Waals surface area contributed by atoms with Crippen molar-refractivity contribution in [3.8, 4) is 11.1 Å². The second-order valence-corrected chi connectivity index (χ2v) is 8.97. The molecule has 0 bridgehead atoms. The molecule has 3 nitrogen and oxygen atoms in total. The van der Waals surface area contributed by atoms with Crippen molar-refractivity contribution in [2.75, 3.05) is 4.90 Å². The number of hydrogen-bond donors (Lipinski definition) is 0. The second kappa shape index (κ2) is 8.40. The molecule has 0 atom stereocenters. The molecule has 0 aliphatic carbocycles. The molecule has 0 saturated heterocycles. The van der Waals surface area contributed by atoms with Crippen molar-refractivity contribution in [3.05, 3.63) is 140 Å². The van der Waals surface area contributed by atoms with Crippen LogP contribution in [0.15, 0.2) is 140 Å². The van der Waals surface area contributed by atoms with Gasteiger partial charge in [0.1, 0.15) is 5.65 Å².